The Hall–Kier alpha value is -2.38. The summed E-state index contributed by atoms with van der Waals surface area (Å²) in [5.74, 6) is 0.277. The zero-order valence-electron chi connectivity index (χ0n) is 14.0. The van der Waals surface area contributed by atoms with E-state index in [0.29, 0.717) is 17.0 Å². The number of anilines is 1. The molecule has 0 saturated heterocycles. The first kappa shape index (κ1) is 18.0. The Morgan fingerprint density at radius 3 is 2.46 bits per heavy atom. The molecular formula is C17H20N2O4S. The number of methoxy groups -OCH3 is 1. The Balaban J connectivity index is 2.27. The molecule has 0 aliphatic heterocycles. The molecule has 0 fully saturated rings. The summed E-state index contributed by atoms with van der Waals surface area (Å²) in [6, 6.07) is 11.3. The minimum Gasteiger partial charge on any atom is -0.496 e. The van der Waals surface area contributed by atoms with Gasteiger partial charge in [-0.1, -0.05) is 12.1 Å². The third-order valence-electron chi connectivity index (χ3n) is 3.54. The SMILES string of the molecule is COc1cc(C(=O)Nc2cccc(S(=O)(=O)N(C)C)c2)ccc1C. The Bertz CT molecular complexity index is 861. The minimum absolute atomic E-state index is 0.117. The van der Waals surface area contributed by atoms with E-state index in [4.69, 9.17) is 4.74 Å². The Morgan fingerprint density at radius 1 is 1.12 bits per heavy atom. The average Bonchev–Trinajstić information content (AvgIpc) is 2.55. The van der Waals surface area contributed by atoms with Gasteiger partial charge < -0.3 is 10.1 Å². The number of hydrogen-bond acceptors (Lipinski definition) is 4. The molecule has 7 heteroatoms. The summed E-state index contributed by atoms with van der Waals surface area (Å²) in [6.07, 6.45) is 0. The number of ether oxygens (including phenoxy) is 1. The van der Waals surface area contributed by atoms with Gasteiger partial charge in [-0.25, -0.2) is 12.7 Å². The summed E-state index contributed by atoms with van der Waals surface area (Å²) < 4.78 is 30.7. The van der Waals surface area contributed by atoms with Gasteiger partial charge in [-0.15, -0.1) is 0 Å². The molecule has 1 amide bonds. The van der Waals surface area contributed by atoms with E-state index in [-0.39, 0.29) is 10.8 Å². The van der Waals surface area contributed by atoms with Crippen LogP contribution in [0.2, 0.25) is 0 Å². The summed E-state index contributed by atoms with van der Waals surface area (Å²) >= 11 is 0. The van der Waals surface area contributed by atoms with Crippen LogP contribution in [0.3, 0.4) is 0 Å². The molecule has 0 spiro atoms. The van der Waals surface area contributed by atoms with Gasteiger partial charge in [-0.3, -0.25) is 4.79 Å². The van der Waals surface area contributed by atoms with E-state index in [1.165, 1.54) is 26.2 Å². The lowest BCUT2D eigenvalue weighted by Gasteiger charge is -2.13. The van der Waals surface area contributed by atoms with Gasteiger partial charge in [0, 0.05) is 25.3 Å². The van der Waals surface area contributed by atoms with E-state index < -0.39 is 10.0 Å². The van der Waals surface area contributed by atoms with Gasteiger partial charge in [0.1, 0.15) is 5.75 Å². The van der Waals surface area contributed by atoms with Crippen LogP contribution < -0.4 is 10.1 Å². The van der Waals surface area contributed by atoms with Crippen LogP contribution in [-0.2, 0) is 10.0 Å². The fraction of sp³-hybridized carbons (Fsp3) is 0.235. The summed E-state index contributed by atoms with van der Waals surface area (Å²) in [5.41, 5.74) is 1.76. The maximum absolute atomic E-state index is 12.4. The van der Waals surface area contributed by atoms with Crippen molar-refractivity contribution >= 4 is 21.6 Å². The summed E-state index contributed by atoms with van der Waals surface area (Å²) in [4.78, 5) is 12.5. The largest absolute Gasteiger partial charge is 0.496 e. The van der Waals surface area contributed by atoms with Crippen molar-refractivity contribution in [2.24, 2.45) is 0 Å². The molecule has 2 aromatic carbocycles. The van der Waals surface area contributed by atoms with Crippen molar-refractivity contribution in [3.05, 3.63) is 53.6 Å². The normalized spacial score (nSPS) is 11.4. The molecule has 2 aromatic rings. The first-order valence-corrected chi connectivity index (χ1v) is 8.68. The predicted molar refractivity (Wildman–Crippen MR) is 93.0 cm³/mol. The maximum Gasteiger partial charge on any atom is 0.255 e. The second kappa shape index (κ2) is 7.02. The highest BCUT2D eigenvalue weighted by molar-refractivity contribution is 7.89. The van der Waals surface area contributed by atoms with E-state index in [2.05, 4.69) is 5.32 Å². The molecule has 0 heterocycles. The van der Waals surface area contributed by atoms with Crippen molar-refractivity contribution < 1.29 is 17.9 Å². The maximum atomic E-state index is 12.4. The number of nitrogens with zero attached hydrogens (tertiary/aromatic N) is 1. The number of sulfonamides is 1. The van der Waals surface area contributed by atoms with Crippen molar-refractivity contribution in [3.63, 3.8) is 0 Å². The first-order chi connectivity index (χ1) is 11.3. The van der Waals surface area contributed by atoms with E-state index in [1.54, 1.807) is 37.4 Å². The standard InChI is InChI=1S/C17H20N2O4S/c1-12-8-9-13(10-16(12)23-4)17(20)18-14-6-5-7-15(11-14)24(21,22)19(2)3/h5-11H,1-4H3,(H,18,20). The van der Waals surface area contributed by atoms with Gasteiger partial charge in [-0.2, -0.15) is 0 Å². The van der Waals surface area contributed by atoms with Gasteiger partial charge in [-0.05, 0) is 42.8 Å². The second-order valence-electron chi connectivity index (χ2n) is 5.45. The fourth-order valence-electron chi connectivity index (χ4n) is 2.11. The number of amides is 1. The quantitative estimate of drug-likeness (QED) is 0.901. The van der Waals surface area contributed by atoms with Gasteiger partial charge >= 0.3 is 0 Å². The molecule has 2 rings (SSSR count). The van der Waals surface area contributed by atoms with E-state index in [0.717, 1.165) is 9.87 Å². The smallest absolute Gasteiger partial charge is 0.255 e. The van der Waals surface area contributed by atoms with Crippen LogP contribution in [0.25, 0.3) is 0 Å². The predicted octanol–water partition coefficient (Wildman–Crippen LogP) is 2.51. The van der Waals surface area contributed by atoms with Crippen LogP contribution >= 0.6 is 0 Å². The highest BCUT2D eigenvalue weighted by atomic mass is 32.2. The van der Waals surface area contributed by atoms with Crippen LogP contribution in [0.1, 0.15) is 15.9 Å². The molecule has 0 atom stereocenters. The summed E-state index contributed by atoms with van der Waals surface area (Å²) in [7, 11) is 0.902. The fourth-order valence-corrected chi connectivity index (χ4v) is 3.06. The highest BCUT2D eigenvalue weighted by Gasteiger charge is 2.18. The average molecular weight is 348 g/mol. The molecule has 0 radical (unpaired) electrons. The molecule has 0 saturated carbocycles. The van der Waals surface area contributed by atoms with Crippen molar-refractivity contribution in [1.29, 1.82) is 0 Å². The number of benzene rings is 2. The van der Waals surface area contributed by atoms with Crippen LogP contribution in [0, 0.1) is 6.92 Å². The molecule has 0 aliphatic rings. The third kappa shape index (κ3) is 3.74. The van der Waals surface area contributed by atoms with Crippen LogP contribution in [0.5, 0.6) is 5.75 Å². The lowest BCUT2D eigenvalue weighted by Crippen LogP contribution is -2.22. The molecule has 24 heavy (non-hydrogen) atoms. The zero-order valence-corrected chi connectivity index (χ0v) is 14.8. The van der Waals surface area contributed by atoms with Crippen molar-refractivity contribution in [1.82, 2.24) is 4.31 Å². The second-order valence-corrected chi connectivity index (χ2v) is 7.61. The molecule has 0 bridgehead atoms. The molecule has 1 N–H and O–H groups in total. The monoisotopic (exact) mass is 348 g/mol. The number of hydrogen-bond donors (Lipinski definition) is 1. The Morgan fingerprint density at radius 2 is 1.83 bits per heavy atom. The Kier molecular flexibility index (Phi) is 5.26. The van der Waals surface area contributed by atoms with Gasteiger partial charge in [0.05, 0.1) is 12.0 Å². The number of nitrogens with one attached hydrogen (secondary N) is 1. The Labute approximate surface area is 142 Å². The van der Waals surface area contributed by atoms with Crippen molar-refractivity contribution in [3.8, 4) is 5.75 Å². The van der Waals surface area contributed by atoms with Crippen LogP contribution in [0.4, 0.5) is 5.69 Å². The van der Waals surface area contributed by atoms with Crippen LogP contribution in [0.15, 0.2) is 47.4 Å². The molecule has 128 valence electrons. The lowest BCUT2D eigenvalue weighted by molar-refractivity contribution is 0.102. The topological polar surface area (TPSA) is 75.7 Å². The van der Waals surface area contributed by atoms with Gasteiger partial charge in [0.25, 0.3) is 5.91 Å². The minimum atomic E-state index is -3.55. The van der Waals surface area contributed by atoms with Crippen molar-refractivity contribution in [2.75, 3.05) is 26.5 Å². The molecule has 0 aromatic heterocycles. The number of aryl methyl sites for hydroxylation is 1. The van der Waals surface area contributed by atoms with Gasteiger partial charge in [0.2, 0.25) is 10.0 Å². The van der Waals surface area contributed by atoms with Crippen molar-refractivity contribution in [2.45, 2.75) is 11.8 Å². The summed E-state index contributed by atoms with van der Waals surface area (Å²) in [5, 5.41) is 2.70. The number of rotatable bonds is 5. The highest BCUT2D eigenvalue weighted by Crippen LogP contribution is 2.21. The number of carbonyl (C=O) groups excluding carboxylic acids is 1. The van der Waals surface area contributed by atoms with E-state index in [9.17, 15) is 13.2 Å². The van der Waals surface area contributed by atoms with E-state index in [1.807, 2.05) is 6.92 Å². The molecule has 0 aliphatic carbocycles. The third-order valence-corrected chi connectivity index (χ3v) is 5.35. The molecule has 0 unspecified atom stereocenters. The van der Waals surface area contributed by atoms with Crippen LogP contribution in [-0.4, -0.2) is 39.8 Å². The summed E-state index contributed by atoms with van der Waals surface area (Å²) in [6.45, 7) is 1.89. The lowest BCUT2D eigenvalue weighted by atomic mass is 10.1. The molecule has 6 nitrogen and oxygen atoms in total. The zero-order chi connectivity index (χ0) is 17.9. The van der Waals surface area contributed by atoms with E-state index >= 15 is 0 Å². The first-order valence-electron chi connectivity index (χ1n) is 7.24. The van der Waals surface area contributed by atoms with Gasteiger partial charge in [0.15, 0.2) is 0 Å². The number of carbonyl (C=O) groups is 1. The molecular weight excluding hydrogens is 328 g/mol.